The third-order valence-corrected chi connectivity index (χ3v) is 2.94. The SMILES string of the molecule is O=C(O)c1c[nH]c2c(Cl)ccc(Br)c12. The van der Waals surface area contributed by atoms with E-state index in [2.05, 4.69) is 20.9 Å². The van der Waals surface area contributed by atoms with Gasteiger partial charge in [-0.2, -0.15) is 0 Å². The number of halogens is 2. The quantitative estimate of drug-likeness (QED) is 0.838. The van der Waals surface area contributed by atoms with Gasteiger partial charge in [0.1, 0.15) is 0 Å². The largest absolute Gasteiger partial charge is 0.478 e. The predicted octanol–water partition coefficient (Wildman–Crippen LogP) is 3.28. The number of carbonyl (C=O) groups is 1. The molecule has 5 heteroatoms. The first-order valence-electron chi connectivity index (χ1n) is 3.79. The topological polar surface area (TPSA) is 53.1 Å². The highest BCUT2D eigenvalue weighted by molar-refractivity contribution is 9.10. The second-order valence-corrected chi connectivity index (χ2v) is 4.05. The van der Waals surface area contributed by atoms with Crippen LogP contribution in [0.1, 0.15) is 10.4 Å². The third-order valence-electron chi connectivity index (χ3n) is 1.96. The maximum atomic E-state index is 10.9. The Hall–Kier alpha value is -1.000. The summed E-state index contributed by atoms with van der Waals surface area (Å²) in [4.78, 5) is 13.7. The van der Waals surface area contributed by atoms with Crippen LogP contribution in [0, 0.1) is 0 Å². The van der Waals surface area contributed by atoms with Crippen LogP contribution in [-0.4, -0.2) is 16.1 Å². The number of rotatable bonds is 1. The summed E-state index contributed by atoms with van der Waals surface area (Å²) in [5.74, 6) is -0.973. The van der Waals surface area contributed by atoms with E-state index in [1.165, 1.54) is 6.20 Å². The van der Waals surface area contributed by atoms with Gasteiger partial charge in [-0.1, -0.05) is 27.5 Å². The highest BCUT2D eigenvalue weighted by Gasteiger charge is 2.14. The zero-order valence-corrected chi connectivity index (χ0v) is 9.19. The number of carboxylic acid groups (broad SMARTS) is 1. The molecule has 72 valence electrons. The van der Waals surface area contributed by atoms with E-state index in [9.17, 15) is 4.79 Å². The van der Waals surface area contributed by atoms with Crippen molar-refractivity contribution >= 4 is 44.4 Å². The fourth-order valence-electron chi connectivity index (χ4n) is 1.34. The molecular formula is C9H5BrClNO2. The van der Waals surface area contributed by atoms with Crippen LogP contribution in [-0.2, 0) is 0 Å². The number of hydrogen-bond acceptors (Lipinski definition) is 1. The average molecular weight is 275 g/mol. The molecule has 2 N–H and O–H groups in total. The van der Waals surface area contributed by atoms with Gasteiger partial charge in [-0.05, 0) is 12.1 Å². The molecule has 2 aromatic rings. The zero-order chi connectivity index (χ0) is 10.3. The Kier molecular flexibility index (Phi) is 2.25. The molecule has 0 aliphatic heterocycles. The number of aromatic amines is 1. The summed E-state index contributed by atoms with van der Waals surface area (Å²) in [5.41, 5.74) is 0.854. The molecule has 0 spiro atoms. The summed E-state index contributed by atoms with van der Waals surface area (Å²) < 4.78 is 0.718. The number of carboxylic acids is 1. The highest BCUT2D eigenvalue weighted by atomic mass is 79.9. The number of H-pyrrole nitrogens is 1. The summed E-state index contributed by atoms with van der Waals surface area (Å²) in [6.45, 7) is 0. The summed E-state index contributed by atoms with van der Waals surface area (Å²) >= 11 is 9.19. The van der Waals surface area contributed by atoms with Crippen LogP contribution in [0.25, 0.3) is 10.9 Å². The van der Waals surface area contributed by atoms with Crippen molar-refractivity contribution in [1.29, 1.82) is 0 Å². The molecular weight excluding hydrogens is 269 g/mol. The Bertz CT molecular complexity index is 521. The Morgan fingerprint density at radius 2 is 2.21 bits per heavy atom. The van der Waals surface area contributed by atoms with E-state index in [1.54, 1.807) is 12.1 Å². The van der Waals surface area contributed by atoms with E-state index in [0.29, 0.717) is 15.9 Å². The molecule has 14 heavy (non-hydrogen) atoms. The van der Waals surface area contributed by atoms with Crippen LogP contribution in [0.4, 0.5) is 0 Å². The fraction of sp³-hybridized carbons (Fsp3) is 0. The van der Waals surface area contributed by atoms with E-state index in [4.69, 9.17) is 16.7 Å². The molecule has 1 aromatic heterocycles. The smallest absolute Gasteiger partial charge is 0.337 e. The third kappa shape index (κ3) is 1.31. The lowest BCUT2D eigenvalue weighted by Gasteiger charge is -1.98. The molecule has 0 aliphatic carbocycles. The van der Waals surface area contributed by atoms with E-state index in [-0.39, 0.29) is 5.56 Å². The Morgan fingerprint density at radius 3 is 2.86 bits per heavy atom. The maximum Gasteiger partial charge on any atom is 0.337 e. The van der Waals surface area contributed by atoms with Crippen LogP contribution >= 0.6 is 27.5 Å². The van der Waals surface area contributed by atoms with Gasteiger partial charge in [0.25, 0.3) is 0 Å². The molecule has 0 aliphatic rings. The van der Waals surface area contributed by atoms with Crippen LogP contribution < -0.4 is 0 Å². The molecule has 2 rings (SSSR count). The number of fused-ring (bicyclic) bond motifs is 1. The summed E-state index contributed by atoms with van der Waals surface area (Å²) in [6, 6.07) is 3.43. The first-order chi connectivity index (χ1) is 6.61. The molecule has 0 amide bonds. The van der Waals surface area contributed by atoms with Gasteiger partial charge in [-0.3, -0.25) is 0 Å². The number of aromatic nitrogens is 1. The molecule has 0 radical (unpaired) electrons. The predicted molar refractivity (Wildman–Crippen MR) is 58.0 cm³/mol. The number of nitrogens with one attached hydrogen (secondary N) is 1. The molecule has 0 bridgehead atoms. The van der Waals surface area contributed by atoms with Crippen molar-refractivity contribution in [2.24, 2.45) is 0 Å². The number of hydrogen-bond donors (Lipinski definition) is 2. The van der Waals surface area contributed by atoms with Gasteiger partial charge < -0.3 is 10.1 Å². The van der Waals surface area contributed by atoms with E-state index >= 15 is 0 Å². The normalized spacial score (nSPS) is 10.7. The van der Waals surface area contributed by atoms with Gasteiger partial charge in [-0.15, -0.1) is 0 Å². The first kappa shape index (κ1) is 9.55. The molecule has 0 saturated heterocycles. The molecule has 0 fully saturated rings. The number of benzene rings is 1. The number of aromatic carboxylic acids is 1. The van der Waals surface area contributed by atoms with Crippen molar-refractivity contribution in [3.8, 4) is 0 Å². The van der Waals surface area contributed by atoms with E-state index in [1.807, 2.05) is 0 Å². The molecule has 0 unspecified atom stereocenters. The second kappa shape index (κ2) is 3.29. The van der Waals surface area contributed by atoms with Crippen molar-refractivity contribution in [2.45, 2.75) is 0 Å². The Balaban J connectivity index is 2.90. The van der Waals surface area contributed by atoms with Crippen molar-refractivity contribution in [2.75, 3.05) is 0 Å². The van der Waals surface area contributed by atoms with Gasteiger partial charge in [0.05, 0.1) is 16.1 Å². The molecule has 1 heterocycles. The minimum absolute atomic E-state index is 0.217. The van der Waals surface area contributed by atoms with Crippen molar-refractivity contribution in [3.05, 3.63) is 33.4 Å². The second-order valence-electron chi connectivity index (χ2n) is 2.79. The van der Waals surface area contributed by atoms with Gasteiger partial charge >= 0.3 is 5.97 Å². The minimum Gasteiger partial charge on any atom is -0.478 e. The lowest BCUT2D eigenvalue weighted by atomic mass is 10.2. The summed E-state index contributed by atoms with van der Waals surface area (Å²) in [7, 11) is 0. The maximum absolute atomic E-state index is 10.9. The fourth-order valence-corrected chi connectivity index (χ4v) is 2.10. The molecule has 3 nitrogen and oxygen atoms in total. The van der Waals surface area contributed by atoms with Crippen LogP contribution in [0.15, 0.2) is 22.8 Å². The van der Waals surface area contributed by atoms with Crippen molar-refractivity contribution in [1.82, 2.24) is 4.98 Å². The first-order valence-corrected chi connectivity index (χ1v) is 4.96. The van der Waals surface area contributed by atoms with Gasteiger partial charge in [0.2, 0.25) is 0 Å². The van der Waals surface area contributed by atoms with Gasteiger partial charge in [0, 0.05) is 16.1 Å². The minimum atomic E-state index is -0.973. The lowest BCUT2D eigenvalue weighted by Crippen LogP contribution is -1.93. The summed E-state index contributed by atoms with van der Waals surface area (Å²) in [5, 5.41) is 10.0. The summed E-state index contributed by atoms with van der Waals surface area (Å²) in [6.07, 6.45) is 1.43. The lowest BCUT2D eigenvalue weighted by molar-refractivity contribution is 0.0699. The zero-order valence-electron chi connectivity index (χ0n) is 6.84. The van der Waals surface area contributed by atoms with Crippen molar-refractivity contribution < 1.29 is 9.90 Å². The van der Waals surface area contributed by atoms with Crippen LogP contribution in [0.2, 0.25) is 5.02 Å². The monoisotopic (exact) mass is 273 g/mol. The highest BCUT2D eigenvalue weighted by Crippen LogP contribution is 2.31. The van der Waals surface area contributed by atoms with Gasteiger partial charge in [-0.25, -0.2) is 4.79 Å². The van der Waals surface area contributed by atoms with Gasteiger partial charge in [0.15, 0.2) is 0 Å². The molecule has 0 saturated carbocycles. The van der Waals surface area contributed by atoms with E-state index in [0.717, 1.165) is 4.47 Å². The standard InChI is InChI=1S/C9H5BrClNO2/c10-5-1-2-6(11)8-7(5)4(3-12-8)9(13)14/h1-3,12H,(H,13,14). The van der Waals surface area contributed by atoms with Crippen LogP contribution in [0.5, 0.6) is 0 Å². The Labute approximate surface area is 92.8 Å². The van der Waals surface area contributed by atoms with Crippen LogP contribution in [0.3, 0.4) is 0 Å². The molecule has 1 aromatic carbocycles. The van der Waals surface area contributed by atoms with E-state index < -0.39 is 5.97 Å². The van der Waals surface area contributed by atoms with Crippen molar-refractivity contribution in [3.63, 3.8) is 0 Å². The average Bonchev–Trinajstić information content (AvgIpc) is 2.56. The Morgan fingerprint density at radius 1 is 1.50 bits per heavy atom. The molecule has 0 atom stereocenters.